The predicted molar refractivity (Wildman–Crippen MR) is 86.8 cm³/mol. The third-order valence-corrected chi connectivity index (χ3v) is 4.53. The maximum atomic E-state index is 11.8. The first kappa shape index (κ1) is 17.2. The lowest BCUT2D eigenvalue weighted by Crippen LogP contribution is -2.45. The lowest BCUT2D eigenvalue weighted by Gasteiger charge is -2.18. The Labute approximate surface area is 130 Å². The molecule has 1 heterocycles. The quantitative estimate of drug-likeness (QED) is 0.719. The van der Waals surface area contributed by atoms with Crippen LogP contribution < -0.4 is 10.6 Å². The Morgan fingerprint density at radius 2 is 2.00 bits per heavy atom. The van der Waals surface area contributed by atoms with Crippen molar-refractivity contribution in [3.05, 3.63) is 0 Å². The number of carbonyl (C=O) groups excluding carboxylic acids is 2. The van der Waals surface area contributed by atoms with Gasteiger partial charge < -0.3 is 15.5 Å². The number of rotatable bonds is 6. The molecular formula is C13H23N3O2S2. The Kier molecular flexibility index (Phi) is 7.91. The Balaban J connectivity index is 2.21. The van der Waals surface area contributed by atoms with Gasteiger partial charge in [0.15, 0.2) is 0 Å². The van der Waals surface area contributed by atoms with Crippen LogP contribution in [0.4, 0.5) is 0 Å². The number of nitrogens with one attached hydrogen (secondary N) is 2. The van der Waals surface area contributed by atoms with Crippen molar-refractivity contribution in [1.29, 1.82) is 0 Å². The Hall–Kier alpha value is -0.820. The van der Waals surface area contributed by atoms with Gasteiger partial charge in [0.25, 0.3) is 0 Å². The Morgan fingerprint density at radius 1 is 1.35 bits per heavy atom. The van der Waals surface area contributed by atoms with E-state index in [1.165, 1.54) is 24.6 Å². The predicted octanol–water partition coefficient (Wildman–Crippen LogP) is 1.13. The van der Waals surface area contributed by atoms with Gasteiger partial charge in [-0.2, -0.15) is 0 Å². The second-order valence-electron chi connectivity index (χ2n) is 4.83. The molecule has 1 atom stereocenters. The van der Waals surface area contributed by atoms with Gasteiger partial charge in [-0.1, -0.05) is 30.9 Å². The standard InChI is InChI=1S/C13H23N3O2S2/c1-3-6-14-12(18)10(2)15-11(17)9-20-13(19)16-7-4-5-8-16/h10H,3-9H2,1-2H3,(H,14,18)(H,15,17)/t10-/m0/s1. The molecule has 1 aliphatic heterocycles. The van der Waals surface area contributed by atoms with Gasteiger partial charge in [-0.05, 0) is 26.2 Å². The first-order chi connectivity index (χ1) is 9.54. The van der Waals surface area contributed by atoms with Gasteiger partial charge >= 0.3 is 0 Å². The average Bonchev–Trinajstić information content (AvgIpc) is 2.96. The fourth-order valence-corrected chi connectivity index (χ4v) is 2.93. The maximum Gasteiger partial charge on any atom is 0.242 e. The lowest BCUT2D eigenvalue weighted by atomic mass is 10.3. The molecule has 0 aromatic rings. The number of thiocarbonyl (C=S) groups is 1. The molecule has 5 nitrogen and oxygen atoms in total. The summed E-state index contributed by atoms with van der Waals surface area (Å²) in [6.45, 7) is 6.28. The molecular weight excluding hydrogens is 294 g/mol. The van der Waals surface area contributed by atoms with Gasteiger partial charge in [0.1, 0.15) is 10.4 Å². The molecule has 7 heteroatoms. The van der Waals surface area contributed by atoms with Gasteiger partial charge in [-0.25, -0.2) is 0 Å². The van der Waals surface area contributed by atoms with Crippen molar-refractivity contribution in [2.75, 3.05) is 25.4 Å². The van der Waals surface area contributed by atoms with Crippen LogP contribution >= 0.6 is 24.0 Å². The second-order valence-corrected chi connectivity index (χ2v) is 6.44. The van der Waals surface area contributed by atoms with Gasteiger partial charge in [0.05, 0.1) is 5.75 Å². The third kappa shape index (κ3) is 6.09. The van der Waals surface area contributed by atoms with Gasteiger partial charge in [0, 0.05) is 19.6 Å². The molecule has 0 aliphatic carbocycles. The van der Waals surface area contributed by atoms with E-state index in [2.05, 4.69) is 15.5 Å². The summed E-state index contributed by atoms with van der Waals surface area (Å²) in [5.74, 6) is -0.0381. The summed E-state index contributed by atoms with van der Waals surface area (Å²) in [7, 11) is 0. The lowest BCUT2D eigenvalue weighted by molar-refractivity contribution is -0.127. The van der Waals surface area contributed by atoms with Crippen LogP contribution in [0.3, 0.4) is 0 Å². The molecule has 0 aromatic carbocycles. The zero-order valence-electron chi connectivity index (χ0n) is 12.1. The minimum Gasteiger partial charge on any atom is -0.358 e. The first-order valence-electron chi connectivity index (χ1n) is 7.03. The maximum absolute atomic E-state index is 11.8. The Morgan fingerprint density at radius 3 is 2.60 bits per heavy atom. The largest absolute Gasteiger partial charge is 0.358 e. The Bertz CT molecular complexity index is 358. The summed E-state index contributed by atoms with van der Waals surface area (Å²) in [6.07, 6.45) is 3.22. The average molecular weight is 317 g/mol. The topological polar surface area (TPSA) is 61.4 Å². The van der Waals surface area contributed by atoms with Crippen molar-refractivity contribution >= 4 is 40.1 Å². The molecule has 1 saturated heterocycles. The molecule has 20 heavy (non-hydrogen) atoms. The second kappa shape index (κ2) is 9.18. The van der Waals surface area contributed by atoms with E-state index in [-0.39, 0.29) is 17.6 Å². The minimum atomic E-state index is -0.505. The van der Waals surface area contributed by atoms with Crippen LogP contribution in [0.15, 0.2) is 0 Å². The molecule has 0 radical (unpaired) electrons. The number of hydrogen-bond donors (Lipinski definition) is 2. The molecule has 1 aliphatic rings. The van der Waals surface area contributed by atoms with Gasteiger partial charge in [-0.15, -0.1) is 0 Å². The highest BCUT2D eigenvalue weighted by molar-refractivity contribution is 8.23. The van der Waals surface area contributed by atoms with Crippen LogP contribution in [-0.2, 0) is 9.59 Å². The summed E-state index contributed by atoms with van der Waals surface area (Å²) >= 11 is 6.65. The van der Waals surface area contributed by atoms with E-state index >= 15 is 0 Å². The third-order valence-electron chi connectivity index (χ3n) is 3.01. The van der Waals surface area contributed by atoms with Crippen LogP contribution in [0.5, 0.6) is 0 Å². The summed E-state index contributed by atoms with van der Waals surface area (Å²) in [5, 5.41) is 5.44. The summed E-state index contributed by atoms with van der Waals surface area (Å²) in [5.41, 5.74) is 0. The van der Waals surface area contributed by atoms with Gasteiger partial charge in [-0.3, -0.25) is 9.59 Å². The molecule has 0 unspecified atom stereocenters. The number of carbonyl (C=O) groups is 2. The molecule has 2 amide bonds. The van der Waals surface area contributed by atoms with E-state index in [4.69, 9.17) is 12.2 Å². The first-order valence-corrected chi connectivity index (χ1v) is 8.42. The summed E-state index contributed by atoms with van der Waals surface area (Å²) in [6, 6.07) is -0.505. The number of amides is 2. The molecule has 114 valence electrons. The van der Waals surface area contributed by atoms with E-state index in [0.717, 1.165) is 23.8 Å². The van der Waals surface area contributed by atoms with Crippen molar-refractivity contribution in [3.63, 3.8) is 0 Å². The van der Waals surface area contributed by atoms with Crippen LogP contribution in [0.1, 0.15) is 33.1 Å². The van der Waals surface area contributed by atoms with Crippen LogP contribution in [0, 0.1) is 0 Å². The summed E-state index contributed by atoms with van der Waals surface area (Å²) < 4.78 is 0.778. The summed E-state index contributed by atoms with van der Waals surface area (Å²) in [4.78, 5) is 25.5. The van der Waals surface area contributed by atoms with E-state index in [1.54, 1.807) is 6.92 Å². The monoisotopic (exact) mass is 317 g/mol. The van der Waals surface area contributed by atoms with Gasteiger partial charge in [0.2, 0.25) is 11.8 Å². The minimum absolute atomic E-state index is 0.146. The van der Waals surface area contributed by atoms with E-state index in [9.17, 15) is 9.59 Å². The fraction of sp³-hybridized carbons (Fsp3) is 0.769. The smallest absolute Gasteiger partial charge is 0.242 e. The van der Waals surface area contributed by atoms with Crippen LogP contribution in [-0.4, -0.2) is 52.5 Å². The SMILES string of the molecule is CCCNC(=O)[C@H](C)NC(=O)CSC(=S)N1CCCC1. The van der Waals surface area contributed by atoms with Crippen molar-refractivity contribution in [1.82, 2.24) is 15.5 Å². The molecule has 1 rings (SSSR count). The highest BCUT2D eigenvalue weighted by Gasteiger charge is 2.18. The molecule has 0 aromatic heterocycles. The number of thioether (sulfide) groups is 1. The number of nitrogens with zero attached hydrogens (tertiary/aromatic N) is 1. The highest BCUT2D eigenvalue weighted by Crippen LogP contribution is 2.15. The van der Waals surface area contributed by atoms with E-state index in [0.29, 0.717) is 6.54 Å². The van der Waals surface area contributed by atoms with Crippen molar-refractivity contribution in [2.24, 2.45) is 0 Å². The van der Waals surface area contributed by atoms with Crippen LogP contribution in [0.25, 0.3) is 0 Å². The van der Waals surface area contributed by atoms with Crippen molar-refractivity contribution in [2.45, 2.75) is 39.2 Å². The highest BCUT2D eigenvalue weighted by atomic mass is 32.2. The fourth-order valence-electron chi connectivity index (χ4n) is 1.87. The molecule has 0 bridgehead atoms. The molecule has 0 spiro atoms. The molecule has 0 saturated carbocycles. The van der Waals surface area contributed by atoms with E-state index in [1.807, 2.05) is 6.92 Å². The molecule has 2 N–H and O–H groups in total. The normalized spacial score (nSPS) is 15.8. The van der Waals surface area contributed by atoms with Crippen molar-refractivity contribution in [3.8, 4) is 0 Å². The number of hydrogen-bond acceptors (Lipinski definition) is 4. The number of likely N-dealkylation sites (tertiary alicyclic amines) is 1. The van der Waals surface area contributed by atoms with Crippen molar-refractivity contribution < 1.29 is 9.59 Å². The van der Waals surface area contributed by atoms with Crippen LogP contribution in [0.2, 0.25) is 0 Å². The molecule has 1 fully saturated rings. The zero-order chi connectivity index (χ0) is 15.0. The zero-order valence-corrected chi connectivity index (χ0v) is 13.7. The van der Waals surface area contributed by atoms with E-state index < -0.39 is 6.04 Å².